The van der Waals surface area contributed by atoms with E-state index >= 15 is 4.39 Å². The number of aryl methyl sites for hydroxylation is 1. The van der Waals surface area contributed by atoms with Gasteiger partial charge >= 0.3 is 0 Å². The van der Waals surface area contributed by atoms with Crippen LogP contribution in [0.5, 0.6) is 0 Å². The van der Waals surface area contributed by atoms with Gasteiger partial charge in [-0.15, -0.1) is 10.2 Å². The molecule has 4 nitrogen and oxygen atoms in total. The van der Waals surface area contributed by atoms with E-state index in [4.69, 9.17) is 4.74 Å². The Bertz CT molecular complexity index is 599. The number of alkyl halides is 1. The fourth-order valence-corrected chi connectivity index (χ4v) is 2.74. The molecule has 1 aliphatic rings. The van der Waals surface area contributed by atoms with Gasteiger partial charge in [-0.25, -0.2) is 4.39 Å². The third-order valence-corrected chi connectivity index (χ3v) is 3.98. The Kier molecular flexibility index (Phi) is 3.14. The zero-order chi connectivity index (χ0) is 13.5. The standard InChI is InChI=1S/C13H13BrFN3O/c1-18-8-16-17-12(18)13(15,10-6-19-7-10)9-3-2-4-11(14)5-9/h2-5,8,10H,6-7H2,1H3. The Balaban J connectivity index is 2.14. The van der Waals surface area contributed by atoms with Crippen LogP contribution < -0.4 is 0 Å². The van der Waals surface area contributed by atoms with Gasteiger partial charge in [-0.05, 0) is 17.7 Å². The molecule has 0 spiro atoms. The van der Waals surface area contributed by atoms with Gasteiger partial charge in [0.25, 0.3) is 0 Å². The van der Waals surface area contributed by atoms with Gasteiger partial charge < -0.3 is 9.30 Å². The van der Waals surface area contributed by atoms with E-state index in [0.29, 0.717) is 24.6 Å². The molecule has 1 aromatic carbocycles. The highest BCUT2D eigenvalue weighted by molar-refractivity contribution is 9.10. The minimum atomic E-state index is -1.67. The molecule has 0 N–H and O–H groups in total. The summed E-state index contributed by atoms with van der Waals surface area (Å²) < 4.78 is 23.4. The van der Waals surface area contributed by atoms with Crippen LogP contribution in [0.25, 0.3) is 0 Å². The fraction of sp³-hybridized carbons (Fsp3) is 0.385. The first-order chi connectivity index (χ1) is 9.12. The van der Waals surface area contributed by atoms with E-state index in [1.54, 1.807) is 23.7 Å². The summed E-state index contributed by atoms with van der Waals surface area (Å²) in [4.78, 5) is 0. The molecule has 0 saturated carbocycles. The molecule has 2 aromatic rings. The molecule has 1 aromatic heterocycles. The van der Waals surface area contributed by atoms with Gasteiger partial charge in [0.15, 0.2) is 5.82 Å². The molecular weight excluding hydrogens is 313 g/mol. The lowest BCUT2D eigenvalue weighted by Gasteiger charge is -2.38. The lowest BCUT2D eigenvalue weighted by molar-refractivity contribution is -0.103. The average Bonchev–Trinajstić information content (AvgIpc) is 2.73. The normalized spacial score (nSPS) is 18.9. The van der Waals surface area contributed by atoms with Crippen molar-refractivity contribution in [3.05, 3.63) is 46.5 Å². The van der Waals surface area contributed by atoms with E-state index in [9.17, 15) is 0 Å². The molecule has 1 saturated heterocycles. The maximum absolute atomic E-state index is 15.8. The van der Waals surface area contributed by atoms with Crippen LogP contribution in [0, 0.1) is 5.92 Å². The minimum Gasteiger partial charge on any atom is -0.380 e. The Morgan fingerprint density at radius 3 is 2.79 bits per heavy atom. The van der Waals surface area contributed by atoms with Crippen molar-refractivity contribution in [2.24, 2.45) is 13.0 Å². The van der Waals surface area contributed by atoms with E-state index in [2.05, 4.69) is 26.1 Å². The fourth-order valence-electron chi connectivity index (χ4n) is 2.34. The van der Waals surface area contributed by atoms with E-state index in [0.717, 1.165) is 4.47 Å². The van der Waals surface area contributed by atoms with Crippen molar-refractivity contribution in [2.45, 2.75) is 5.67 Å². The number of benzene rings is 1. The Morgan fingerprint density at radius 1 is 1.47 bits per heavy atom. The van der Waals surface area contributed by atoms with Crippen molar-refractivity contribution < 1.29 is 9.13 Å². The number of aromatic nitrogens is 3. The molecule has 0 radical (unpaired) electrons. The maximum Gasteiger partial charge on any atom is 0.202 e. The lowest BCUT2D eigenvalue weighted by Crippen LogP contribution is -2.46. The Hall–Kier alpha value is -1.27. The molecule has 0 amide bonds. The van der Waals surface area contributed by atoms with Crippen LogP contribution >= 0.6 is 15.9 Å². The number of halogens is 2. The first-order valence-corrected chi connectivity index (χ1v) is 6.79. The van der Waals surface area contributed by atoms with Crippen molar-refractivity contribution in [1.82, 2.24) is 14.8 Å². The third-order valence-electron chi connectivity index (χ3n) is 3.48. The van der Waals surface area contributed by atoms with Crippen molar-refractivity contribution in [3.63, 3.8) is 0 Å². The highest BCUT2D eigenvalue weighted by Crippen LogP contribution is 2.43. The van der Waals surface area contributed by atoms with Gasteiger partial charge in [-0.3, -0.25) is 0 Å². The lowest BCUT2D eigenvalue weighted by atomic mass is 9.81. The van der Waals surface area contributed by atoms with Crippen molar-refractivity contribution in [2.75, 3.05) is 13.2 Å². The van der Waals surface area contributed by atoms with Gasteiger partial charge in [-0.1, -0.05) is 28.1 Å². The van der Waals surface area contributed by atoms with Crippen molar-refractivity contribution >= 4 is 15.9 Å². The Labute approximate surface area is 118 Å². The molecular formula is C13H13BrFN3O. The second-order valence-corrected chi connectivity index (χ2v) is 5.64. The molecule has 0 aliphatic carbocycles. The van der Waals surface area contributed by atoms with Crippen LogP contribution in [0.3, 0.4) is 0 Å². The average molecular weight is 326 g/mol. The number of hydrogen-bond acceptors (Lipinski definition) is 3. The van der Waals surface area contributed by atoms with Crippen LogP contribution in [0.2, 0.25) is 0 Å². The molecule has 2 heterocycles. The summed E-state index contributed by atoms with van der Waals surface area (Å²) in [6.07, 6.45) is 1.52. The number of ether oxygens (including phenoxy) is 1. The van der Waals surface area contributed by atoms with E-state index in [-0.39, 0.29) is 5.92 Å². The second kappa shape index (κ2) is 4.68. The van der Waals surface area contributed by atoms with Crippen molar-refractivity contribution in [3.8, 4) is 0 Å². The number of hydrogen-bond donors (Lipinski definition) is 0. The summed E-state index contributed by atoms with van der Waals surface area (Å²) in [6, 6.07) is 7.26. The highest BCUT2D eigenvalue weighted by Gasteiger charge is 2.49. The molecule has 1 atom stereocenters. The molecule has 1 unspecified atom stereocenters. The van der Waals surface area contributed by atoms with Gasteiger partial charge in [0.05, 0.1) is 19.1 Å². The van der Waals surface area contributed by atoms with Crippen molar-refractivity contribution in [1.29, 1.82) is 0 Å². The molecule has 100 valence electrons. The summed E-state index contributed by atoms with van der Waals surface area (Å²) in [6.45, 7) is 0.797. The van der Waals surface area contributed by atoms with Gasteiger partial charge in [0, 0.05) is 11.5 Å². The SMILES string of the molecule is Cn1cnnc1C(F)(c1cccc(Br)c1)C1COC1. The third kappa shape index (κ3) is 1.99. The Morgan fingerprint density at radius 2 is 2.26 bits per heavy atom. The predicted molar refractivity (Wildman–Crippen MR) is 71.3 cm³/mol. The van der Waals surface area contributed by atoms with E-state index < -0.39 is 5.67 Å². The van der Waals surface area contributed by atoms with Gasteiger partial charge in [0.1, 0.15) is 6.33 Å². The van der Waals surface area contributed by atoms with Crippen LogP contribution in [-0.4, -0.2) is 28.0 Å². The van der Waals surface area contributed by atoms with E-state index in [1.807, 2.05) is 12.1 Å². The zero-order valence-corrected chi connectivity index (χ0v) is 12.0. The smallest absolute Gasteiger partial charge is 0.202 e. The minimum absolute atomic E-state index is 0.232. The van der Waals surface area contributed by atoms with Crippen LogP contribution in [0.4, 0.5) is 4.39 Å². The molecule has 6 heteroatoms. The summed E-state index contributed by atoms with van der Waals surface area (Å²) in [5, 5.41) is 7.76. The first-order valence-electron chi connectivity index (χ1n) is 5.99. The summed E-state index contributed by atoms with van der Waals surface area (Å²) in [5.74, 6) is 0.0867. The second-order valence-electron chi connectivity index (χ2n) is 4.72. The van der Waals surface area contributed by atoms with Crippen LogP contribution in [0.15, 0.2) is 35.1 Å². The monoisotopic (exact) mass is 325 g/mol. The summed E-state index contributed by atoms with van der Waals surface area (Å²) >= 11 is 3.38. The molecule has 0 bridgehead atoms. The van der Waals surface area contributed by atoms with Crippen LogP contribution in [0.1, 0.15) is 11.4 Å². The zero-order valence-electron chi connectivity index (χ0n) is 10.4. The van der Waals surface area contributed by atoms with Gasteiger partial charge in [-0.2, -0.15) is 0 Å². The van der Waals surface area contributed by atoms with Gasteiger partial charge in [0.2, 0.25) is 5.67 Å². The highest BCUT2D eigenvalue weighted by atomic mass is 79.9. The van der Waals surface area contributed by atoms with E-state index in [1.165, 1.54) is 6.33 Å². The number of rotatable bonds is 3. The largest absolute Gasteiger partial charge is 0.380 e. The summed E-state index contributed by atoms with van der Waals surface area (Å²) in [7, 11) is 1.75. The van der Waals surface area contributed by atoms with Crippen LogP contribution in [-0.2, 0) is 17.5 Å². The molecule has 1 aliphatic heterocycles. The maximum atomic E-state index is 15.8. The number of nitrogens with zero attached hydrogens (tertiary/aromatic N) is 3. The quantitative estimate of drug-likeness (QED) is 0.870. The molecule has 1 fully saturated rings. The summed E-state index contributed by atoms with van der Waals surface area (Å²) in [5.41, 5.74) is -1.10. The first kappa shape index (κ1) is 12.7. The molecule has 3 rings (SSSR count). The molecule has 19 heavy (non-hydrogen) atoms. The topological polar surface area (TPSA) is 39.9 Å². The predicted octanol–water partition coefficient (Wildman–Crippen LogP) is 2.44.